The first kappa shape index (κ1) is 4.07. The second-order valence-electron chi connectivity index (χ2n) is 0.167. The van der Waals surface area contributed by atoms with Crippen LogP contribution < -0.4 is 0 Å². The molecule has 22 valence electrons. The van der Waals surface area contributed by atoms with Crippen molar-refractivity contribution >= 4 is 4.27 Å². The normalized spacial score (nSPS) is 4.00. The first-order valence-electron chi connectivity index (χ1n) is 0.575. The zero-order valence-electron chi connectivity index (χ0n) is 1.72. The van der Waals surface area contributed by atoms with Gasteiger partial charge < -0.3 is 0 Å². The molecule has 2 nitrogen and oxygen atoms in total. The van der Waals surface area contributed by atoms with Crippen molar-refractivity contribution in [2.45, 2.75) is 0 Å². The molecular formula is CO2W. The monoisotopic (exact) mass is 228 g/mol. The molecule has 0 radical (unpaired) electrons. The fraction of sp³-hybridized carbons (Fsp3) is 0. The van der Waals surface area contributed by atoms with E-state index in [1.807, 2.05) is 0 Å². The Morgan fingerprint density at radius 2 is 2.00 bits per heavy atom. The van der Waals surface area contributed by atoms with E-state index in [4.69, 9.17) is 8.19 Å². The third kappa shape index (κ3) is 2.07. The van der Waals surface area contributed by atoms with Crippen LogP contribution in [0.15, 0.2) is 0 Å². The number of rotatable bonds is 0. The van der Waals surface area contributed by atoms with Crippen molar-refractivity contribution in [1.29, 1.82) is 0 Å². The minimum atomic E-state index is -1.81. The first-order valence-corrected chi connectivity index (χ1v) is 3.24. The van der Waals surface area contributed by atoms with E-state index < -0.39 is 18.1 Å². The van der Waals surface area contributed by atoms with Gasteiger partial charge in [-0.3, -0.25) is 0 Å². The summed E-state index contributed by atoms with van der Waals surface area (Å²) < 4.78 is 10.3. The van der Waals surface area contributed by atoms with Crippen LogP contribution in [0.2, 0.25) is 0 Å². The van der Waals surface area contributed by atoms with Crippen LogP contribution >= 0.6 is 0 Å². The van der Waals surface area contributed by atoms with Gasteiger partial charge in [0.2, 0.25) is 0 Å². The molecule has 0 unspecified atom stereocenters. The van der Waals surface area contributed by atoms with Crippen LogP contribution in [0.1, 0.15) is 0 Å². The van der Waals surface area contributed by atoms with Gasteiger partial charge in [0.15, 0.2) is 0 Å². The van der Waals surface area contributed by atoms with E-state index in [0.29, 0.717) is 0 Å². The Balaban J connectivity index is 3.95. The Morgan fingerprint density at radius 3 is 2.00 bits per heavy atom. The van der Waals surface area contributed by atoms with Crippen molar-refractivity contribution in [2.75, 3.05) is 0 Å². The summed E-state index contributed by atoms with van der Waals surface area (Å²) in [6, 6.07) is 0. The van der Waals surface area contributed by atoms with E-state index in [2.05, 4.69) is 0 Å². The average molecular weight is 228 g/mol. The molecule has 0 fully saturated rings. The zero-order chi connectivity index (χ0) is 3.41. The average Bonchev–Trinajstić information content (AvgIpc) is 1.37. The topological polar surface area (TPSA) is 34.1 Å². The maximum absolute atomic E-state index is 9.04. The van der Waals surface area contributed by atoms with Crippen molar-refractivity contribution in [3.05, 3.63) is 0 Å². The van der Waals surface area contributed by atoms with Crippen LogP contribution in [0.4, 0.5) is 0 Å². The van der Waals surface area contributed by atoms with Gasteiger partial charge in [-0.05, 0) is 0 Å². The Morgan fingerprint density at radius 1 is 1.75 bits per heavy atom. The molecule has 4 heavy (non-hydrogen) atoms. The zero-order valence-corrected chi connectivity index (χ0v) is 4.66. The van der Waals surface area contributed by atoms with Crippen LogP contribution in [0.5, 0.6) is 0 Å². The van der Waals surface area contributed by atoms with Gasteiger partial charge in [-0.25, -0.2) is 0 Å². The third-order valence-corrected chi connectivity index (χ3v) is 0.278. The summed E-state index contributed by atoms with van der Waals surface area (Å²) in [6.07, 6.45) is 0. The summed E-state index contributed by atoms with van der Waals surface area (Å²) in [4.78, 5) is 8.81. The molecule has 0 aromatic carbocycles. The molecular weight excluding hydrogens is 228 g/mol. The molecule has 0 saturated carbocycles. The summed E-state index contributed by atoms with van der Waals surface area (Å²) >= 11 is -1.81. The molecule has 0 heterocycles. The standard InChI is InChI=1S/CO.O.W/c1-2;;. The van der Waals surface area contributed by atoms with Crippen LogP contribution in [0, 0.1) is 0 Å². The molecule has 0 aliphatic heterocycles. The third-order valence-electron chi connectivity index (χ3n) is 0.0340. The second-order valence-corrected chi connectivity index (χ2v) is 1.36. The molecule has 0 saturated heterocycles. The van der Waals surface area contributed by atoms with E-state index in [-0.39, 0.29) is 0 Å². The Labute approximate surface area is 31.2 Å². The quantitative estimate of drug-likeness (QED) is 0.559. The summed E-state index contributed by atoms with van der Waals surface area (Å²) in [7, 11) is 0. The summed E-state index contributed by atoms with van der Waals surface area (Å²) in [6.45, 7) is 0. The molecule has 0 N–H and O–H groups in total. The fourth-order valence-electron chi connectivity index (χ4n) is 0. The molecule has 0 rings (SSSR count). The fourth-order valence-corrected chi connectivity index (χ4v) is 0. The van der Waals surface area contributed by atoms with Crippen molar-refractivity contribution in [1.82, 2.24) is 0 Å². The molecule has 3 heteroatoms. The predicted octanol–water partition coefficient (Wildman–Crippen LogP) is -0.518. The molecule has 0 aliphatic carbocycles. The molecule has 0 aromatic heterocycles. The van der Waals surface area contributed by atoms with Gasteiger partial charge in [0.25, 0.3) is 0 Å². The van der Waals surface area contributed by atoms with Crippen LogP contribution in [0.3, 0.4) is 0 Å². The molecule has 0 bridgehead atoms. The van der Waals surface area contributed by atoms with E-state index in [1.165, 1.54) is 4.27 Å². The Hall–Kier alpha value is 0.0683. The van der Waals surface area contributed by atoms with E-state index in [0.717, 1.165) is 0 Å². The molecule has 0 spiro atoms. The maximum atomic E-state index is 9.04. The molecule has 0 aromatic rings. The molecule has 0 amide bonds. The van der Waals surface area contributed by atoms with Gasteiger partial charge in [-0.15, -0.1) is 0 Å². The summed E-state index contributed by atoms with van der Waals surface area (Å²) in [5.41, 5.74) is 0. The van der Waals surface area contributed by atoms with Gasteiger partial charge in [-0.1, -0.05) is 0 Å². The van der Waals surface area contributed by atoms with Crippen molar-refractivity contribution in [2.24, 2.45) is 0 Å². The summed E-state index contributed by atoms with van der Waals surface area (Å²) in [5.74, 6) is 0. The van der Waals surface area contributed by atoms with Crippen molar-refractivity contribution < 1.29 is 26.3 Å². The van der Waals surface area contributed by atoms with Crippen molar-refractivity contribution in [3.8, 4) is 0 Å². The van der Waals surface area contributed by atoms with Gasteiger partial charge >= 0.3 is 30.5 Å². The summed E-state index contributed by atoms with van der Waals surface area (Å²) in [5, 5.41) is 0. The molecule has 0 aliphatic rings. The second kappa shape index (κ2) is 3.07. The van der Waals surface area contributed by atoms with Crippen LogP contribution in [-0.4, -0.2) is 4.27 Å². The number of hydrogen-bond donors (Lipinski definition) is 0. The minimum absolute atomic E-state index is 1.29. The van der Waals surface area contributed by atoms with E-state index >= 15 is 0 Å². The van der Waals surface area contributed by atoms with Gasteiger partial charge in [-0.2, -0.15) is 0 Å². The SMILES string of the molecule is O=[C]=[W]=[O]. The Bertz CT molecular complexity index is 56.1. The predicted molar refractivity (Wildman–Crippen MR) is 6.38 cm³/mol. The van der Waals surface area contributed by atoms with E-state index in [1.54, 1.807) is 0 Å². The van der Waals surface area contributed by atoms with Gasteiger partial charge in [0, 0.05) is 0 Å². The van der Waals surface area contributed by atoms with Crippen molar-refractivity contribution in [3.63, 3.8) is 0 Å². The number of hydrogen-bond acceptors (Lipinski definition) is 2. The van der Waals surface area contributed by atoms with Crippen LogP contribution in [0.25, 0.3) is 0 Å². The van der Waals surface area contributed by atoms with Gasteiger partial charge in [0.1, 0.15) is 0 Å². The van der Waals surface area contributed by atoms with Crippen LogP contribution in [-0.2, 0) is 26.3 Å². The first-order chi connectivity index (χ1) is 1.91. The number of carbonyl (C=O) groups excluding carboxylic acids is 1. The Kier molecular flexibility index (Phi) is 3.12. The molecule has 0 atom stereocenters. The van der Waals surface area contributed by atoms with E-state index in [9.17, 15) is 0 Å². The van der Waals surface area contributed by atoms with Gasteiger partial charge in [0.05, 0.1) is 0 Å².